The quantitative estimate of drug-likeness (QED) is 0.883. The Hall–Kier alpha value is -1.42. The van der Waals surface area contributed by atoms with Crippen LogP contribution in [0.15, 0.2) is 42.7 Å². The highest BCUT2D eigenvalue weighted by Crippen LogP contribution is 2.20. The Morgan fingerprint density at radius 3 is 2.68 bits per heavy atom. The molecule has 0 fully saturated rings. The van der Waals surface area contributed by atoms with Crippen molar-refractivity contribution in [2.75, 3.05) is 6.54 Å². The van der Waals surface area contributed by atoms with Gasteiger partial charge < -0.3 is 10.4 Å². The van der Waals surface area contributed by atoms with Crippen molar-refractivity contribution in [3.8, 4) is 0 Å². The van der Waals surface area contributed by atoms with Gasteiger partial charge in [0, 0.05) is 30.5 Å². The van der Waals surface area contributed by atoms with Gasteiger partial charge in [-0.25, -0.2) is 0 Å². The molecule has 1 heterocycles. The lowest BCUT2D eigenvalue weighted by atomic mass is 10.1. The van der Waals surface area contributed by atoms with Crippen LogP contribution >= 0.6 is 11.6 Å². The van der Waals surface area contributed by atoms with Crippen LogP contribution in [-0.4, -0.2) is 16.6 Å². The Bertz CT molecular complexity index is 531. The highest BCUT2D eigenvalue weighted by molar-refractivity contribution is 6.31. The Balaban J connectivity index is 1.87. The van der Waals surface area contributed by atoms with Crippen LogP contribution in [-0.2, 0) is 6.54 Å². The van der Waals surface area contributed by atoms with Crippen LogP contribution in [0.25, 0.3) is 0 Å². The monoisotopic (exact) mass is 276 g/mol. The Morgan fingerprint density at radius 2 is 2.00 bits per heavy atom. The number of pyridine rings is 1. The van der Waals surface area contributed by atoms with Crippen LogP contribution < -0.4 is 5.32 Å². The van der Waals surface area contributed by atoms with E-state index in [9.17, 15) is 5.11 Å². The number of rotatable bonds is 5. The fourth-order valence-electron chi connectivity index (χ4n) is 1.85. The fraction of sp³-hybridized carbons (Fsp3) is 0.267. The van der Waals surface area contributed by atoms with Gasteiger partial charge in [0.05, 0.1) is 6.10 Å². The lowest BCUT2D eigenvalue weighted by Crippen LogP contribution is -2.21. The van der Waals surface area contributed by atoms with E-state index in [2.05, 4.69) is 10.3 Å². The summed E-state index contributed by atoms with van der Waals surface area (Å²) in [6.45, 7) is 3.15. The van der Waals surface area contributed by atoms with Crippen LogP contribution in [0.2, 0.25) is 5.02 Å². The molecule has 0 amide bonds. The van der Waals surface area contributed by atoms with Gasteiger partial charge in [-0.3, -0.25) is 4.98 Å². The molecular weight excluding hydrogens is 260 g/mol. The van der Waals surface area contributed by atoms with Crippen molar-refractivity contribution in [2.45, 2.75) is 19.6 Å². The first-order valence-electron chi connectivity index (χ1n) is 6.20. The maximum absolute atomic E-state index is 10.1. The van der Waals surface area contributed by atoms with Crippen molar-refractivity contribution in [3.05, 3.63) is 64.4 Å². The van der Waals surface area contributed by atoms with Crippen LogP contribution in [0.5, 0.6) is 0 Å². The molecule has 100 valence electrons. The number of aliphatic hydroxyl groups is 1. The number of aryl methyl sites for hydroxylation is 1. The summed E-state index contributed by atoms with van der Waals surface area (Å²) in [6.07, 6.45) is 2.99. The molecule has 4 heteroatoms. The molecule has 0 saturated carbocycles. The largest absolute Gasteiger partial charge is 0.387 e. The third kappa shape index (κ3) is 4.03. The van der Waals surface area contributed by atoms with Gasteiger partial charge >= 0.3 is 0 Å². The van der Waals surface area contributed by atoms with Crippen molar-refractivity contribution in [2.24, 2.45) is 0 Å². The molecule has 0 spiro atoms. The van der Waals surface area contributed by atoms with Gasteiger partial charge in [0.25, 0.3) is 0 Å². The molecule has 0 radical (unpaired) electrons. The van der Waals surface area contributed by atoms with Gasteiger partial charge in [-0.1, -0.05) is 23.7 Å². The number of benzene rings is 1. The first-order chi connectivity index (χ1) is 9.16. The molecular formula is C15H17ClN2O. The zero-order chi connectivity index (χ0) is 13.7. The lowest BCUT2D eigenvalue weighted by Gasteiger charge is -2.13. The topological polar surface area (TPSA) is 45.1 Å². The van der Waals surface area contributed by atoms with Gasteiger partial charge in [-0.05, 0) is 41.8 Å². The van der Waals surface area contributed by atoms with E-state index in [0.717, 1.165) is 21.7 Å². The second-order valence-corrected chi connectivity index (χ2v) is 4.92. The van der Waals surface area contributed by atoms with E-state index < -0.39 is 6.10 Å². The van der Waals surface area contributed by atoms with Crippen molar-refractivity contribution < 1.29 is 5.11 Å². The number of hydrogen-bond donors (Lipinski definition) is 2. The predicted molar refractivity (Wildman–Crippen MR) is 77.1 cm³/mol. The average Bonchev–Trinajstić information content (AvgIpc) is 2.43. The molecule has 0 bridgehead atoms. The summed E-state index contributed by atoms with van der Waals surface area (Å²) in [4.78, 5) is 3.96. The fourth-order valence-corrected chi connectivity index (χ4v) is 1.96. The molecule has 0 aliphatic carbocycles. The summed E-state index contributed by atoms with van der Waals surface area (Å²) >= 11 is 5.97. The van der Waals surface area contributed by atoms with E-state index in [4.69, 9.17) is 11.6 Å². The van der Waals surface area contributed by atoms with E-state index in [1.165, 1.54) is 0 Å². The molecule has 0 aliphatic rings. The molecule has 1 unspecified atom stereocenters. The number of hydrogen-bond acceptors (Lipinski definition) is 3. The molecule has 2 aromatic rings. The van der Waals surface area contributed by atoms with Gasteiger partial charge in [0.15, 0.2) is 0 Å². The van der Waals surface area contributed by atoms with E-state index in [-0.39, 0.29) is 0 Å². The van der Waals surface area contributed by atoms with Gasteiger partial charge in [0.1, 0.15) is 0 Å². The Labute approximate surface area is 118 Å². The third-order valence-electron chi connectivity index (χ3n) is 2.98. The van der Waals surface area contributed by atoms with Gasteiger partial charge in [-0.15, -0.1) is 0 Å². The zero-order valence-corrected chi connectivity index (χ0v) is 11.6. The molecule has 1 atom stereocenters. The highest BCUT2D eigenvalue weighted by Gasteiger charge is 2.08. The first kappa shape index (κ1) is 14.0. The second-order valence-electron chi connectivity index (χ2n) is 4.51. The SMILES string of the molecule is Cc1cc(C(O)CNCc2ccncc2)ccc1Cl. The van der Waals surface area contributed by atoms with Crippen LogP contribution in [0.1, 0.15) is 22.8 Å². The second kappa shape index (κ2) is 6.66. The maximum Gasteiger partial charge on any atom is 0.0914 e. The van der Waals surface area contributed by atoms with E-state index in [1.807, 2.05) is 37.3 Å². The van der Waals surface area contributed by atoms with E-state index in [0.29, 0.717) is 13.1 Å². The van der Waals surface area contributed by atoms with Crippen molar-refractivity contribution in [1.82, 2.24) is 10.3 Å². The molecule has 19 heavy (non-hydrogen) atoms. The van der Waals surface area contributed by atoms with Crippen molar-refractivity contribution in [3.63, 3.8) is 0 Å². The summed E-state index contributed by atoms with van der Waals surface area (Å²) in [5, 5.41) is 14.0. The van der Waals surface area contributed by atoms with E-state index in [1.54, 1.807) is 12.4 Å². The zero-order valence-electron chi connectivity index (χ0n) is 10.8. The summed E-state index contributed by atoms with van der Waals surface area (Å²) in [5.74, 6) is 0. The minimum absolute atomic E-state index is 0.503. The number of aromatic nitrogens is 1. The predicted octanol–water partition coefficient (Wildman–Crippen LogP) is 2.87. The van der Waals surface area contributed by atoms with Crippen LogP contribution in [0.3, 0.4) is 0 Å². The molecule has 3 nitrogen and oxygen atoms in total. The first-order valence-corrected chi connectivity index (χ1v) is 6.58. The molecule has 1 aromatic carbocycles. The van der Waals surface area contributed by atoms with Crippen LogP contribution in [0, 0.1) is 6.92 Å². The molecule has 1 aromatic heterocycles. The van der Waals surface area contributed by atoms with Crippen molar-refractivity contribution >= 4 is 11.6 Å². The number of nitrogens with zero attached hydrogens (tertiary/aromatic N) is 1. The Kier molecular flexibility index (Phi) is 4.91. The standard InChI is InChI=1S/C15H17ClN2O/c1-11-8-13(2-3-14(11)16)15(19)10-18-9-12-4-6-17-7-5-12/h2-8,15,18-19H,9-10H2,1H3. The summed E-state index contributed by atoms with van der Waals surface area (Å²) in [5.41, 5.74) is 3.01. The lowest BCUT2D eigenvalue weighted by molar-refractivity contribution is 0.174. The number of halogens is 1. The molecule has 2 N–H and O–H groups in total. The van der Waals surface area contributed by atoms with E-state index >= 15 is 0 Å². The van der Waals surface area contributed by atoms with Gasteiger partial charge in [0.2, 0.25) is 0 Å². The average molecular weight is 277 g/mol. The van der Waals surface area contributed by atoms with Gasteiger partial charge in [-0.2, -0.15) is 0 Å². The van der Waals surface area contributed by atoms with Crippen LogP contribution in [0.4, 0.5) is 0 Å². The summed E-state index contributed by atoms with van der Waals surface area (Å²) in [7, 11) is 0. The van der Waals surface area contributed by atoms with Crippen molar-refractivity contribution in [1.29, 1.82) is 0 Å². The summed E-state index contributed by atoms with van der Waals surface area (Å²) < 4.78 is 0. The summed E-state index contributed by atoms with van der Waals surface area (Å²) in [6, 6.07) is 9.49. The molecule has 0 aliphatic heterocycles. The maximum atomic E-state index is 10.1. The third-order valence-corrected chi connectivity index (χ3v) is 3.41. The smallest absolute Gasteiger partial charge is 0.0914 e. The minimum atomic E-state index is -0.530. The Morgan fingerprint density at radius 1 is 1.26 bits per heavy atom. The number of aliphatic hydroxyl groups excluding tert-OH is 1. The molecule has 2 rings (SSSR count). The minimum Gasteiger partial charge on any atom is -0.387 e. The molecule has 0 saturated heterocycles. The number of nitrogens with one attached hydrogen (secondary N) is 1. The highest BCUT2D eigenvalue weighted by atomic mass is 35.5. The normalized spacial score (nSPS) is 12.4.